The van der Waals surface area contributed by atoms with Gasteiger partial charge in [0.2, 0.25) is 0 Å². The molecule has 2 heterocycles. The number of benzene rings is 2. The fraction of sp³-hybridized carbons (Fsp3) is 0.174. The van der Waals surface area contributed by atoms with Gasteiger partial charge in [-0.2, -0.15) is 5.10 Å². The summed E-state index contributed by atoms with van der Waals surface area (Å²) in [7, 11) is 0. The van der Waals surface area contributed by atoms with Crippen molar-refractivity contribution in [1.82, 2.24) is 24.6 Å². The molecule has 0 radical (unpaired) electrons. The van der Waals surface area contributed by atoms with E-state index in [1.165, 1.54) is 11.1 Å². The second kappa shape index (κ2) is 8.14. The van der Waals surface area contributed by atoms with Crippen LogP contribution in [0.4, 0.5) is 0 Å². The Balaban J connectivity index is 1.39. The number of aryl methyl sites for hydroxylation is 1. The van der Waals surface area contributed by atoms with Crippen LogP contribution in [0.25, 0.3) is 5.69 Å². The molecule has 146 valence electrons. The Kier molecular flexibility index (Phi) is 5.24. The summed E-state index contributed by atoms with van der Waals surface area (Å²) in [5.41, 5.74) is 5.78. The quantitative estimate of drug-likeness (QED) is 0.551. The summed E-state index contributed by atoms with van der Waals surface area (Å²) in [4.78, 5) is 16.7. The van der Waals surface area contributed by atoms with E-state index in [2.05, 4.69) is 27.5 Å². The van der Waals surface area contributed by atoms with E-state index >= 15 is 0 Å². The number of rotatable bonds is 6. The highest BCUT2D eigenvalue weighted by atomic mass is 16.1. The number of nitrogens with zero attached hydrogens (tertiary/aromatic N) is 4. The fourth-order valence-corrected chi connectivity index (χ4v) is 3.21. The number of nitrogens with one attached hydrogen (secondary N) is 1. The predicted molar refractivity (Wildman–Crippen MR) is 112 cm³/mol. The Morgan fingerprint density at radius 3 is 2.41 bits per heavy atom. The molecule has 0 aliphatic rings. The monoisotopic (exact) mass is 385 g/mol. The largest absolute Gasteiger partial charge is 0.348 e. The summed E-state index contributed by atoms with van der Waals surface area (Å²) in [6.07, 6.45) is 7.13. The lowest BCUT2D eigenvalue weighted by atomic mass is 10.1. The van der Waals surface area contributed by atoms with Gasteiger partial charge in [0.25, 0.3) is 5.91 Å². The molecule has 0 saturated heterocycles. The molecular weight excluding hydrogens is 362 g/mol. The van der Waals surface area contributed by atoms with Gasteiger partial charge in [0.15, 0.2) is 0 Å². The van der Waals surface area contributed by atoms with Crippen molar-refractivity contribution in [3.63, 3.8) is 0 Å². The van der Waals surface area contributed by atoms with Crippen LogP contribution in [0, 0.1) is 13.8 Å². The number of aromatic nitrogens is 4. The first kappa shape index (κ1) is 18.7. The van der Waals surface area contributed by atoms with E-state index in [1.54, 1.807) is 23.4 Å². The predicted octanol–water partition coefficient (Wildman–Crippen LogP) is 3.66. The van der Waals surface area contributed by atoms with E-state index < -0.39 is 0 Å². The van der Waals surface area contributed by atoms with Crippen molar-refractivity contribution in [2.45, 2.75) is 26.9 Å². The van der Waals surface area contributed by atoms with Gasteiger partial charge in [-0.05, 0) is 37.1 Å². The van der Waals surface area contributed by atoms with Crippen LogP contribution >= 0.6 is 0 Å². The van der Waals surface area contributed by atoms with Gasteiger partial charge in [-0.3, -0.25) is 4.79 Å². The molecule has 0 bridgehead atoms. The second-order valence-corrected chi connectivity index (χ2v) is 7.13. The Hall–Kier alpha value is -3.67. The van der Waals surface area contributed by atoms with Gasteiger partial charge < -0.3 is 9.88 Å². The van der Waals surface area contributed by atoms with Gasteiger partial charge >= 0.3 is 0 Å². The minimum Gasteiger partial charge on any atom is -0.348 e. The molecule has 29 heavy (non-hydrogen) atoms. The standard InChI is InChI=1S/C23H23N5O/c1-17-3-9-21(10-4-17)28-18(2)22(14-26-28)23(29)25-13-19-5-7-20(8-6-19)15-27-12-11-24-16-27/h3-12,14,16H,13,15H2,1-2H3,(H,25,29). The van der Waals surface area contributed by atoms with Gasteiger partial charge in [-0.25, -0.2) is 9.67 Å². The third kappa shape index (κ3) is 4.27. The lowest BCUT2D eigenvalue weighted by Gasteiger charge is -2.08. The summed E-state index contributed by atoms with van der Waals surface area (Å²) in [5, 5.41) is 7.37. The number of amides is 1. The molecule has 1 amide bonds. The van der Waals surface area contributed by atoms with Crippen molar-refractivity contribution in [2.75, 3.05) is 0 Å². The second-order valence-electron chi connectivity index (χ2n) is 7.13. The minimum atomic E-state index is -0.122. The summed E-state index contributed by atoms with van der Waals surface area (Å²) < 4.78 is 3.81. The minimum absolute atomic E-state index is 0.122. The Bertz CT molecular complexity index is 1090. The van der Waals surface area contributed by atoms with E-state index in [4.69, 9.17) is 0 Å². The maximum Gasteiger partial charge on any atom is 0.255 e. The van der Waals surface area contributed by atoms with Gasteiger partial charge in [-0.1, -0.05) is 42.0 Å². The lowest BCUT2D eigenvalue weighted by molar-refractivity contribution is 0.0950. The lowest BCUT2D eigenvalue weighted by Crippen LogP contribution is -2.23. The summed E-state index contributed by atoms with van der Waals surface area (Å²) in [5.74, 6) is -0.122. The zero-order valence-corrected chi connectivity index (χ0v) is 16.5. The molecule has 0 saturated carbocycles. The fourth-order valence-electron chi connectivity index (χ4n) is 3.21. The first-order chi connectivity index (χ1) is 14.1. The topological polar surface area (TPSA) is 64.7 Å². The number of imidazole rings is 1. The average Bonchev–Trinajstić information content (AvgIpc) is 3.38. The highest BCUT2D eigenvalue weighted by molar-refractivity contribution is 5.95. The number of hydrogen-bond acceptors (Lipinski definition) is 3. The molecular formula is C23H23N5O. The highest BCUT2D eigenvalue weighted by Crippen LogP contribution is 2.15. The molecule has 0 fully saturated rings. The van der Waals surface area contributed by atoms with Crippen LogP contribution in [0.2, 0.25) is 0 Å². The van der Waals surface area contributed by atoms with Crippen LogP contribution in [0.3, 0.4) is 0 Å². The molecule has 4 aromatic rings. The SMILES string of the molecule is Cc1ccc(-n2ncc(C(=O)NCc3ccc(Cn4ccnc4)cc3)c2C)cc1. The molecule has 0 aliphatic heterocycles. The van der Waals surface area contributed by atoms with E-state index in [-0.39, 0.29) is 5.91 Å². The Morgan fingerprint density at radius 1 is 1.00 bits per heavy atom. The van der Waals surface area contributed by atoms with E-state index in [0.29, 0.717) is 12.1 Å². The zero-order valence-electron chi connectivity index (χ0n) is 16.5. The smallest absolute Gasteiger partial charge is 0.255 e. The normalized spacial score (nSPS) is 10.8. The zero-order chi connectivity index (χ0) is 20.2. The molecule has 1 N–H and O–H groups in total. The third-order valence-corrected chi connectivity index (χ3v) is 4.93. The van der Waals surface area contributed by atoms with Crippen molar-refractivity contribution in [3.05, 3.63) is 101 Å². The van der Waals surface area contributed by atoms with Gasteiger partial charge in [0.1, 0.15) is 0 Å². The van der Waals surface area contributed by atoms with Crippen LogP contribution in [-0.2, 0) is 13.1 Å². The average molecular weight is 385 g/mol. The van der Waals surface area contributed by atoms with Crippen molar-refractivity contribution in [3.8, 4) is 5.69 Å². The maximum absolute atomic E-state index is 12.6. The molecule has 0 unspecified atom stereocenters. The van der Waals surface area contributed by atoms with Crippen LogP contribution in [0.5, 0.6) is 0 Å². The summed E-state index contributed by atoms with van der Waals surface area (Å²) in [6, 6.07) is 16.3. The van der Waals surface area contributed by atoms with Crippen LogP contribution in [0.15, 0.2) is 73.4 Å². The molecule has 0 spiro atoms. The van der Waals surface area contributed by atoms with Crippen molar-refractivity contribution in [1.29, 1.82) is 0 Å². The van der Waals surface area contributed by atoms with Crippen LogP contribution in [0.1, 0.15) is 32.7 Å². The molecule has 2 aromatic carbocycles. The highest BCUT2D eigenvalue weighted by Gasteiger charge is 2.15. The number of carbonyl (C=O) groups is 1. The van der Waals surface area contributed by atoms with Crippen molar-refractivity contribution in [2.24, 2.45) is 0 Å². The first-order valence-electron chi connectivity index (χ1n) is 9.53. The summed E-state index contributed by atoms with van der Waals surface area (Å²) in [6.45, 7) is 5.21. The third-order valence-electron chi connectivity index (χ3n) is 4.93. The van der Waals surface area contributed by atoms with Gasteiger partial charge in [0, 0.05) is 25.5 Å². The van der Waals surface area contributed by atoms with Crippen LogP contribution < -0.4 is 5.32 Å². The van der Waals surface area contributed by atoms with E-state index in [0.717, 1.165) is 23.5 Å². The van der Waals surface area contributed by atoms with Gasteiger partial charge in [-0.15, -0.1) is 0 Å². The molecule has 0 atom stereocenters. The Morgan fingerprint density at radius 2 is 1.72 bits per heavy atom. The van der Waals surface area contributed by atoms with Crippen molar-refractivity contribution < 1.29 is 4.79 Å². The number of carbonyl (C=O) groups excluding carboxylic acids is 1. The molecule has 6 heteroatoms. The van der Waals surface area contributed by atoms with Crippen molar-refractivity contribution >= 4 is 5.91 Å². The maximum atomic E-state index is 12.6. The molecule has 0 aliphatic carbocycles. The first-order valence-corrected chi connectivity index (χ1v) is 9.53. The molecule has 4 rings (SSSR count). The Labute approximate surface area is 169 Å². The number of hydrogen-bond donors (Lipinski definition) is 1. The summed E-state index contributed by atoms with van der Waals surface area (Å²) >= 11 is 0. The van der Waals surface area contributed by atoms with E-state index in [9.17, 15) is 4.79 Å². The van der Waals surface area contributed by atoms with E-state index in [1.807, 2.05) is 61.0 Å². The molecule has 6 nitrogen and oxygen atoms in total. The van der Waals surface area contributed by atoms with Gasteiger partial charge in [0.05, 0.1) is 29.5 Å². The molecule has 2 aromatic heterocycles. The van der Waals surface area contributed by atoms with Crippen LogP contribution in [-0.4, -0.2) is 25.2 Å².